The fourth-order valence-electron chi connectivity index (χ4n) is 1.45. The summed E-state index contributed by atoms with van der Waals surface area (Å²) in [4.78, 5) is 15.0. The van der Waals surface area contributed by atoms with Crippen LogP contribution in [0.15, 0.2) is 6.07 Å². The fraction of sp³-hybridized carbons (Fsp3) is 0.400. The lowest BCUT2D eigenvalue weighted by Crippen LogP contribution is -2.15. The maximum atomic E-state index is 12.8. The van der Waals surface area contributed by atoms with Gasteiger partial charge in [0.2, 0.25) is 0 Å². The Morgan fingerprint density at radius 1 is 1.59 bits per heavy atom. The van der Waals surface area contributed by atoms with Crippen LogP contribution in [0.4, 0.5) is 14.6 Å². The highest BCUT2D eigenvalue weighted by Crippen LogP contribution is 2.27. The lowest BCUT2D eigenvalue weighted by atomic mass is 10.0. The van der Waals surface area contributed by atoms with Crippen molar-refractivity contribution in [2.24, 2.45) is 5.73 Å². The molecule has 0 saturated heterocycles. The molecule has 1 rings (SSSR count). The molecule has 0 aromatic carbocycles. The molecule has 94 valence electrons. The quantitative estimate of drug-likeness (QED) is 0.765. The molecule has 0 amide bonds. The van der Waals surface area contributed by atoms with E-state index in [1.54, 1.807) is 0 Å². The van der Waals surface area contributed by atoms with Crippen molar-refractivity contribution in [1.29, 1.82) is 0 Å². The summed E-state index contributed by atoms with van der Waals surface area (Å²) in [5.74, 6) is -0.678. The van der Waals surface area contributed by atoms with E-state index in [9.17, 15) is 13.6 Å². The summed E-state index contributed by atoms with van der Waals surface area (Å²) < 4.78 is 30.0. The number of nitrogens with two attached hydrogens (primary N) is 2. The molecule has 0 spiro atoms. The van der Waals surface area contributed by atoms with Crippen LogP contribution in [-0.2, 0) is 22.5 Å². The maximum Gasteiger partial charge on any atom is 0.310 e. The average Bonchev–Trinajstić information content (AvgIpc) is 2.30. The van der Waals surface area contributed by atoms with Crippen molar-refractivity contribution in [2.45, 2.75) is 19.4 Å². The molecule has 0 bridgehead atoms. The smallest absolute Gasteiger partial charge is 0.310 e. The average molecular weight is 245 g/mol. The summed E-state index contributed by atoms with van der Waals surface area (Å²) in [5, 5.41) is 0. The Balaban J connectivity index is 3.26. The molecule has 0 aliphatic carbocycles. The number of esters is 1. The number of rotatable bonds is 4. The van der Waals surface area contributed by atoms with E-state index in [4.69, 9.17) is 11.5 Å². The number of methoxy groups -OCH3 is 1. The van der Waals surface area contributed by atoms with Crippen molar-refractivity contribution in [2.75, 3.05) is 12.8 Å². The number of halogens is 2. The predicted octanol–water partition coefficient (Wildman–Crippen LogP) is 0.776. The Bertz CT molecular complexity index is 424. The second kappa shape index (κ2) is 5.53. The van der Waals surface area contributed by atoms with Gasteiger partial charge in [0, 0.05) is 12.1 Å². The van der Waals surface area contributed by atoms with E-state index in [0.717, 1.165) is 6.07 Å². The number of nitrogen functional groups attached to an aromatic ring is 1. The number of carbonyl (C=O) groups excluding carboxylic acids is 1. The van der Waals surface area contributed by atoms with Crippen LogP contribution in [-0.4, -0.2) is 18.1 Å². The zero-order chi connectivity index (χ0) is 13.0. The van der Waals surface area contributed by atoms with Crippen molar-refractivity contribution in [3.8, 4) is 0 Å². The molecule has 1 aromatic rings. The SMILES string of the molecule is COC(=O)Cc1c(C(F)F)cc(N)nc1CN. The monoisotopic (exact) mass is 245 g/mol. The first-order valence-electron chi connectivity index (χ1n) is 4.82. The number of pyridine rings is 1. The minimum absolute atomic E-state index is 0.0469. The second-order valence-electron chi connectivity index (χ2n) is 3.32. The molecule has 0 unspecified atom stereocenters. The summed E-state index contributed by atoms with van der Waals surface area (Å²) in [6.07, 6.45) is -3.04. The van der Waals surface area contributed by atoms with E-state index in [0.29, 0.717) is 0 Å². The summed E-state index contributed by atoms with van der Waals surface area (Å²) in [6, 6.07) is 1.04. The van der Waals surface area contributed by atoms with Gasteiger partial charge in [0.25, 0.3) is 6.43 Å². The van der Waals surface area contributed by atoms with Crippen LogP contribution in [0, 0.1) is 0 Å². The highest BCUT2D eigenvalue weighted by atomic mass is 19.3. The van der Waals surface area contributed by atoms with Crippen molar-refractivity contribution >= 4 is 11.8 Å². The lowest BCUT2D eigenvalue weighted by molar-refractivity contribution is -0.139. The zero-order valence-electron chi connectivity index (χ0n) is 9.24. The van der Waals surface area contributed by atoms with Crippen LogP contribution >= 0.6 is 0 Å². The van der Waals surface area contributed by atoms with Crippen molar-refractivity contribution in [1.82, 2.24) is 4.98 Å². The van der Waals surface area contributed by atoms with E-state index in [-0.39, 0.29) is 35.6 Å². The van der Waals surface area contributed by atoms with E-state index >= 15 is 0 Å². The van der Waals surface area contributed by atoms with E-state index in [2.05, 4.69) is 9.72 Å². The number of anilines is 1. The minimum Gasteiger partial charge on any atom is -0.469 e. The van der Waals surface area contributed by atoms with Crippen molar-refractivity contribution in [3.05, 3.63) is 22.9 Å². The van der Waals surface area contributed by atoms with Gasteiger partial charge in [0.15, 0.2) is 0 Å². The fourth-order valence-corrected chi connectivity index (χ4v) is 1.45. The molecule has 5 nitrogen and oxygen atoms in total. The van der Waals surface area contributed by atoms with Gasteiger partial charge in [-0.25, -0.2) is 13.8 Å². The number of nitrogens with zero attached hydrogens (tertiary/aromatic N) is 1. The standard InChI is InChI=1S/C10H13F2N3O2/c1-17-9(16)3-5-6(10(11)12)2-8(14)15-7(5)4-13/h2,10H,3-4,13H2,1H3,(H2,14,15). The third kappa shape index (κ3) is 3.10. The van der Waals surface area contributed by atoms with Crippen molar-refractivity contribution < 1.29 is 18.3 Å². The normalized spacial score (nSPS) is 10.6. The van der Waals surface area contributed by atoms with Crippen LogP contribution in [0.1, 0.15) is 23.2 Å². The van der Waals surface area contributed by atoms with Crippen LogP contribution in [0.5, 0.6) is 0 Å². The Morgan fingerprint density at radius 2 is 2.24 bits per heavy atom. The molecule has 0 aliphatic rings. The topological polar surface area (TPSA) is 91.2 Å². The number of hydrogen-bond acceptors (Lipinski definition) is 5. The second-order valence-corrected chi connectivity index (χ2v) is 3.32. The summed E-state index contributed by atoms with van der Waals surface area (Å²) in [7, 11) is 1.18. The van der Waals surface area contributed by atoms with Gasteiger partial charge < -0.3 is 16.2 Å². The van der Waals surface area contributed by atoms with Crippen LogP contribution < -0.4 is 11.5 Å². The van der Waals surface area contributed by atoms with E-state index in [1.807, 2.05) is 0 Å². The molecule has 0 atom stereocenters. The number of carbonyl (C=O) groups is 1. The molecule has 0 radical (unpaired) electrons. The summed E-state index contributed by atoms with van der Waals surface area (Å²) in [5.41, 5.74) is 10.7. The number of hydrogen-bond donors (Lipinski definition) is 2. The molecule has 1 heterocycles. The highest BCUT2D eigenvalue weighted by Gasteiger charge is 2.20. The van der Waals surface area contributed by atoms with Gasteiger partial charge in [-0.3, -0.25) is 4.79 Å². The van der Waals surface area contributed by atoms with Gasteiger partial charge >= 0.3 is 5.97 Å². The molecule has 0 saturated carbocycles. The van der Waals surface area contributed by atoms with Gasteiger partial charge in [-0.05, 0) is 11.6 Å². The molecule has 7 heteroatoms. The van der Waals surface area contributed by atoms with Crippen LogP contribution in [0.25, 0.3) is 0 Å². The van der Waals surface area contributed by atoms with Gasteiger partial charge in [0.1, 0.15) is 5.82 Å². The Hall–Kier alpha value is -1.76. The molecule has 4 N–H and O–H groups in total. The Morgan fingerprint density at radius 3 is 2.71 bits per heavy atom. The number of ether oxygens (including phenoxy) is 1. The third-order valence-electron chi connectivity index (χ3n) is 2.24. The van der Waals surface area contributed by atoms with Crippen LogP contribution in [0.2, 0.25) is 0 Å². The number of aromatic nitrogens is 1. The first kappa shape index (κ1) is 13.3. The number of alkyl halides is 2. The van der Waals surface area contributed by atoms with Crippen LogP contribution in [0.3, 0.4) is 0 Å². The molecule has 0 aliphatic heterocycles. The molecule has 17 heavy (non-hydrogen) atoms. The summed E-state index contributed by atoms with van der Waals surface area (Å²) in [6.45, 7) is -0.0723. The molecular formula is C10H13F2N3O2. The first-order valence-corrected chi connectivity index (χ1v) is 4.82. The Kier molecular flexibility index (Phi) is 4.33. The summed E-state index contributed by atoms with van der Waals surface area (Å²) >= 11 is 0. The largest absolute Gasteiger partial charge is 0.469 e. The van der Waals surface area contributed by atoms with Gasteiger partial charge in [-0.2, -0.15) is 0 Å². The molecular weight excluding hydrogens is 232 g/mol. The molecule has 1 aromatic heterocycles. The lowest BCUT2D eigenvalue weighted by Gasteiger charge is -2.12. The highest BCUT2D eigenvalue weighted by molar-refractivity contribution is 5.73. The van der Waals surface area contributed by atoms with E-state index in [1.165, 1.54) is 7.11 Å². The van der Waals surface area contributed by atoms with E-state index < -0.39 is 12.4 Å². The maximum absolute atomic E-state index is 12.8. The molecule has 0 fully saturated rings. The van der Waals surface area contributed by atoms with Gasteiger partial charge in [-0.1, -0.05) is 0 Å². The minimum atomic E-state index is -2.75. The third-order valence-corrected chi connectivity index (χ3v) is 2.24. The van der Waals surface area contributed by atoms with Crippen molar-refractivity contribution in [3.63, 3.8) is 0 Å². The first-order chi connectivity index (χ1) is 7.99. The predicted molar refractivity (Wildman–Crippen MR) is 57.2 cm³/mol. The van der Waals surface area contributed by atoms with Gasteiger partial charge in [0.05, 0.1) is 19.2 Å². The van der Waals surface area contributed by atoms with Gasteiger partial charge in [-0.15, -0.1) is 0 Å². The zero-order valence-corrected chi connectivity index (χ0v) is 9.24. The Labute approximate surface area is 96.8 Å².